The van der Waals surface area contributed by atoms with Crippen LogP contribution in [0.25, 0.3) is 0 Å². The van der Waals surface area contributed by atoms with Crippen LogP contribution in [0, 0.1) is 0 Å². The quantitative estimate of drug-likeness (QED) is 0.264. The zero-order valence-corrected chi connectivity index (χ0v) is 15.6. The molecule has 0 saturated carbocycles. The predicted molar refractivity (Wildman–Crippen MR) is 109 cm³/mol. The molecule has 0 amide bonds. The number of carbonyl (C=O) groups is 2. The van der Waals surface area contributed by atoms with E-state index in [-0.39, 0.29) is 18.2 Å². The SMILES string of the molecule is O=C(Cc1ccccc1)Oc1cccc(C(=O)CCNCc2ccccc2)c1. The summed E-state index contributed by atoms with van der Waals surface area (Å²) in [4.78, 5) is 24.5. The van der Waals surface area contributed by atoms with Crippen LogP contribution in [0.3, 0.4) is 0 Å². The third kappa shape index (κ3) is 6.18. The van der Waals surface area contributed by atoms with Crippen molar-refractivity contribution in [1.82, 2.24) is 5.32 Å². The zero-order chi connectivity index (χ0) is 19.6. The number of rotatable bonds is 9. The Labute approximate surface area is 165 Å². The molecule has 0 fully saturated rings. The number of ether oxygens (including phenoxy) is 1. The van der Waals surface area contributed by atoms with E-state index in [9.17, 15) is 9.59 Å². The highest BCUT2D eigenvalue weighted by molar-refractivity contribution is 5.96. The van der Waals surface area contributed by atoms with Gasteiger partial charge in [-0.3, -0.25) is 9.59 Å². The minimum Gasteiger partial charge on any atom is -0.426 e. The molecule has 142 valence electrons. The first-order chi connectivity index (χ1) is 13.7. The number of hydrogen-bond acceptors (Lipinski definition) is 4. The Morgan fingerprint density at radius 2 is 1.46 bits per heavy atom. The first kappa shape index (κ1) is 19.5. The Bertz CT molecular complexity index is 907. The predicted octanol–water partition coefficient (Wildman–Crippen LogP) is 4.20. The molecule has 4 heteroatoms. The summed E-state index contributed by atoms with van der Waals surface area (Å²) >= 11 is 0. The Hall–Kier alpha value is -3.24. The van der Waals surface area contributed by atoms with Crippen molar-refractivity contribution in [2.45, 2.75) is 19.4 Å². The largest absolute Gasteiger partial charge is 0.426 e. The molecule has 0 radical (unpaired) electrons. The number of carbonyl (C=O) groups excluding carboxylic acids is 2. The van der Waals surface area contributed by atoms with E-state index in [0.29, 0.717) is 24.3 Å². The van der Waals surface area contributed by atoms with Gasteiger partial charge in [0.2, 0.25) is 0 Å². The summed E-state index contributed by atoms with van der Waals surface area (Å²) in [7, 11) is 0. The average Bonchev–Trinajstić information content (AvgIpc) is 2.72. The van der Waals surface area contributed by atoms with Crippen LogP contribution in [-0.4, -0.2) is 18.3 Å². The molecule has 4 nitrogen and oxygen atoms in total. The molecule has 0 aliphatic heterocycles. The lowest BCUT2D eigenvalue weighted by atomic mass is 10.1. The lowest BCUT2D eigenvalue weighted by Crippen LogP contribution is -2.18. The number of esters is 1. The zero-order valence-electron chi connectivity index (χ0n) is 15.6. The van der Waals surface area contributed by atoms with Gasteiger partial charge < -0.3 is 10.1 Å². The summed E-state index contributed by atoms with van der Waals surface area (Å²) in [5.74, 6) is 0.0610. The van der Waals surface area contributed by atoms with Crippen molar-refractivity contribution in [1.29, 1.82) is 0 Å². The fourth-order valence-electron chi connectivity index (χ4n) is 2.84. The lowest BCUT2D eigenvalue weighted by molar-refractivity contribution is -0.133. The number of ketones is 1. The molecule has 0 heterocycles. The average molecular weight is 373 g/mol. The van der Waals surface area contributed by atoms with E-state index in [1.807, 2.05) is 60.7 Å². The molecule has 3 rings (SSSR count). The van der Waals surface area contributed by atoms with Gasteiger partial charge in [-0.05, 0) is 23.3 Å². The van der Waals surface area contributed by atoms with Gasteiger partial charge in [0.25, 0.3) is 0 Å². The smallest absolute Gasteiger partial charge is 0.315 e. The summed E-state index contributed by atoms with van der Waals surface area (Å²) in [6.45, 7) is 1.32. The summed E-state index contributed by atoms with van der Waals surface area (Å²) < 4.78 is 5.39. The van der Waals surface area contributed by atoms with Crippen LogP contribution in [0.2, 0.25) is 0 Å². The minimum absolute atomic E-state index is 0.0153. The summed E-state index contributed by atoms with van der Waals surface area (Å²) in [5.41, 5.74) is 2.62. The molecule has 0 unspecified atom stereocenters. The van der Waals surface area contributed by atoms with Crippen molar-refractivity contribution in [2.24, 2.45) is 0 Å². The van der Waals surface area contributed by atoms with Gasteiger partial charge in [0, 0.05) is 25.1 Å². The van der Waals surface area contributed by atoms with E-state index in [1.165, 1.54) is 5.56 Å². The fraction of sp³-hybridized carbons (Fsp3) is 0.167. The number of nitrogens with one attached hydrogen (secondary N) is 1. The molecule has 0 aliphatic rings. The normalized spacial score (nSPS) is 10.4. The second-order valence-corrected chi connectivity index (χ2v) is 6.50. The molecule has 0 aliphatic carbocycles. The van der Waals surface area contributed by atoms with Crippen LogP contribution >= 0.6 is 0 Å². The van der Waals surface area contributed by atoms with Crippen LogP contribution in [-0.2, 0) is 17.8 Å². The van der Waals surface area contributed by atoms with Crippen molar-refractivity contribution in [3.63, 3.8) is 0 Å². The van der Waals surface area contributed by atoms with Crippen molar-refractivity contribution in [3.8, 4) is 5.75 Å². The second kappa shape index (κ2) is 10.2. The van der Waals surface area contributed by atoms with E-state index in [4.69, 9.17) is 4.74 Å². The molecule has 0 spiro atoms. The van der Waals surface area contributed by atoms with Gasteiger partial charge in [-0.15, -0.1) is 0 Å². The first-order valence-corrected chi connectivity index (χ1v) is 9.33. The molecule has 3 aromatic rings. The van der Waals surface area contributed by atoms with Crippen molar-refractivity contribution in [2.75, 3.05) is 6.54 Å². The third-order valence-electron chi connectivity index (χ3n) is 4.28. The molecule has 1 N–H and O–H groups in total. The van der Waals surface area contributed by atoms with Crippen molar-refractivity contribution < 1.29 is 14.3 Å². The monoisotopic (exact) mass is 373 g/mol. The summed E-state index contributed by atoms with van der Waals surface area (Å²) in [6.07, 6.45) is 0.580. The molecular formula is C24H23NO3. The molecule has 0 bridgehead atoms. The minimum atomic E-state index is -0.347. The number of hydrogen-bond donors (Lipinski definition) is 1. The van der Waals surface area contributed by atoms with E-state index < -0.39 is 0 Å². The first-order valence-electron chi connectivity index (χ1n) is 9.33. The maximum atomic E-state index is 12.4. The summed E-state index contributed by atoms with van der Waals surface area (Å²) in [6, 6.07) is 26.3. The van der Waals surface area contributed by atoms with E-state index >= 15 is 0 Å². The number of benzene rings is 3. The highest BCUT2D eigenvalue weighted by Crippen LogP contribution is 2.16. The van der Waals surface area contributed by atoms with Crippen LogP contribution in [0.4, 0.5) is 0 Å². The van der Waals surface area contributed by atoms with Crippen LogP contribution in [0.5, 0.6) is 5.75 Å². The van der Waals surface area contributed by atoms with Gasteiger partial charge in [-0.1, -0.05) is 72.8 Å². The van der Waals surface area contributed by atoms with Gasteiger partial charge >= 0.3 is 5.97 Å². The van der Waals surface area contributed by atoms with E-state index in [1.54, 1.807) is 24.3 Å². The van der Waals surface area contributed by atoms with Gasteiger partial charge in [-0.2, -0.15) is 0 Å². The highest BCUT2D eigenvalue weighted by Gasteiger charge is 2.10. The summed E-state index contributed by atoms with van der Waals surface area (Å²) in [5, 5.41) is 3.27. The van der Waals surface area contributed by atoms with E-state index in [2.05, 4.69) is 5.32 Å². The topological polar surface area (TPSA) is 55.4 Å². The van der Waals surface area contributed by atoms with Crippen LogP contribution in [0.15, 0.2) is 84.9 Å². The molecular weight excluding hydrogens is 350 g/mol. The lowest BCUT2D eigenvalue weighted by Gasteiger charge is -2.07. The maximum absolute atomic E-state index is 12.4. The Kier molecular flexibility index (Phi) is 7.10. The standard InChI is InChI=1S/C24H23NO3/c26-23(14-15-25-18-20-10-5-2-6-11-20)21-12-7-13-22(17-21)28-24(27)16-19-8-3-1-4-9-19/h1-13,17,25H,14-16,18H2. The maximum Gasteiger partial charge on any atom is 0.315 e. The number of Topliss-reactive ketones (excluding diaryl/α,β-unsaturated/α-hetero) is 1. The van der Waals surface area contributed by atoms with Gasteiger partial charge in [0.15, 0.2) is 5.78 Å². The fourth-order valence-corrected chi connectivity index (χ4v) is 2.84. The molecule has 28 heavy (non-hydrogen) atoms. The Morgan fingerprint density at radius 3 is 2.18 bits per heavy atom. The molecule has 0 atom stereocenters. The Balaban J connectivity index is 1.48. The van der Waals surface area contributed by atoms with Crippen molar-refractivity contribution in [3.05, 3.63) is 102 Å². The van der Waals surface area contributed by atoms with Gasteiger partial charge in [0.1, 0.15) is 5.75 Å². The molecule has 0 aromatic heterocycles. The molecule has 0 saturated heterocycles. The third-order valence-corrected chi connectivity index (χ3v) is 4.28. The van der Waals surface area contributed by atoms with Gasteiger partial charge in [0.05, 0.1) is 6.42 Å². The van der Waals surface area contributed by atoms with E-state index in [0.717, 1.165) is 12.1 Å². The highest BCUT2D eigenvalue weighted by atomic mass is 16.5. The van der Waals surface area contributed by atoms with Crippen molar-refractivity contribution >= 4 is 11.8 Å². The van der Waals surface area contributed by atoms with Gasteiger partial charge in [-0.25, -0.2) is 0 Å². The Morgan fingerprint density at radius 1 is 0.786 bits per heavy atom. The molecule has 3 aromatic carbocycles. The van der Waals surface area contributed by atoms with Crippen LogP contribution < -0.4 is 10.1 Å². The van der Waals surface area contributed by atoms with Crippen LogP contribution in [0.1, 0.15) is 27.9 Å². The second-order valence-electron chi connectivity index (χ2n) is 6.50.